The fourth-order valence-electron chi connectivity index (χ4n) is 4.37. The van der Waals surface area contributed by atoms with Crippen LogP contribution in [0.5, 0.6) is 0 Å². The number of furan rings is 1. The van der Waals surface area contributed by atoms with Crippen LogP contribution in [0.2, 0.25) is 5.02 Å². The van der Waals surface area contributed by atoms with E-state index in [1.807, 2.05) is 41.3 Å². The summed E-state index contributed by atoms with van der Waals surface area (Å²) in [6.45, 7) is 2.76. The Balaban J connectivity index is 1.28. The summed E-state index contributed by atoms with van der Waals surface area (Å²) < 4.78 is 7.39. The van der Waals surface area contributed by atoms with E-state index in [9.17, 15) is 9.59 Å². The number of aromatic nitrogens is 1. The maximum Gasteiger partial charge on any atom is 0.289 e. The first-order chi connectivity index (χ1) is 16.1. The molecule has 2 aromatic heterocycles. The maximum atomic E-state index is 13.1. The quantitative estimate of drug-likeness (QED) is 0.441. The molecule has 0 radical (unpaired) electrons. The Bertz CT molecular complexity index is 1270. The highest BCUT2D eigenvalue weighted by molar-refractivity contribution is 6.30. The van der Waals surface area contributed by atoms with Crippen molar-refractivity contribution in [3.8, 4) is 0 Å². The summed E-state index contributed by atoms with van der Waals surface area (Å²) in [6.07, 6.45) is 3.91. The molecule has 0 aliphatic carbocycles. The molecule has 168 valence electrons. The third-order valence-corrected chi connectivity index (χ3v) is 6.38. The second kappa shape index (κ2) is 9.16. The first-order valence-electron chi connectivity index (χ1n) is 11.0. The molecule has 4 aromatic rings. The largest absolute Gasteiger partial charge is 0.459 e. The van der Waals surface area contributed by atoms with E-state index >= 15 is 0 Å². The van der Waals surface area contributed by atoms with E-state index in [0.29, 0.717) is 49.9 Å². The van der Waals surface area contributed by atoms with Crippen LogP contribution in [0.25, 0.3) is 10.9 Å². The van der Waals surface area contributed by atoms with Crippen molar-refractivity contribution in [2.45, 2.75) is 13.0 Å². The topological polar surface area (TPSA) is 58.7 Å². The highest BCUT2D eigenvalue weighted by Crippen LogP contribution is 2.24. The minimum Gasteiger partial charge on any atom is -0.459 e. The van der Waals surface area contributed by atoms with E-state index < -0.39 is 0 Å². The van der Waals surface area contributed by atoms with Gasteiger partial charge in [-0.15, -0.1) is 0 Å². The number of amides is 2. The summed E-state index contributed by atoms with van der Waals surface area (Å²) in [5.41, 5.74) is 3.26. The molecule has 1 saturated heterocycles. The first kappa shape index (κ1) is 21.3. The van der Waals surface area contributed by atoms with E-state index in [2.05, 4.69) is 22.9 Å². The number of hydrogen-bond acceptors (Lipinski definition) is 3. The van der Waals surface area contributed by atoms with Crippen molar-refractivity contribution in [1.82, 2.24) is 14.4 Å². The van der Waals surface area contributed by atoms with Gasteiger partial charge in [-0.1, -0.05) is 41.9 Å². The first-order valence-corrected chi connectivity index (χ1v) is 11.4. The van der Waals surface area contributed by atoms with Crippen LogP contribution in [0, 0.1) is 0 Å². The number of rotatable bonds is 5. The van der Waals surface area contributed by atoms with Gasteiger partial charge in [0.2, 0.25) is 5.91 Å². The molecule has 3 heterocycles. The summed E-state index contributed by atoms with van der Waals surface area (Å²) >= 11 is 6.02. The molecule has 0 spiro atoms. The molecule has 0 N–H and O–H groups in total. The van der Waals surface area contributed by atoms with E-state index in [1.54, 1.807) is 17.0 Å². The number of piperazine rings is 1. The van der Waals surface area contributed by atoms with Crippen LogP contribution in [0.15, 0.2) is 77.5 Å². The summed E-state index contributed by atoms with van der Waals surface area (Å²) in [6, 6.07) is 19.4. The predicted molar refractivity (Wildman–Crippen MR) is 127 cm³/mol. The summed E-state index contributed by atoms with van der Waals surface area (Å²) in [7, 11) is 0. The van der Waals surface area contributed by atoms with Crippen molar-refractivity contribution in [1.29, 1.82) is 0 Å². The minimum absolute atomic E-state index is 0.0782. The van der Waals surface area contributed by atoms with Crippen molar-refractivity contribution in [3.05, 3.63) is 95.0 Å². The van der Waals surface area contributed by atoms with Gasteiger partial charge in [0.25, 0.3) is 5.91 Å². The van der Waals surface area contributed by atoms with E-state index in [1.165, 1.54) is 6.26 Å². The Morgan fingerprint density at radius 2 is 1.61 bits per heavy atom. The molecule has 2 amide bonds. The second-order valence-electron chi connectivity index (χ2n) is 8.25. The number of halogens is 1. The van der Waals surface area contributed by atoms with Crippen LogP contribution in [0.1, 0.15) is 21.7 Å². The molecule has 0 bridgehead atoms. The number of carbonyl (C=O) groups is 2. The van der Waals surface area contributed by atoms with E-state index in [0.717, 1.165) is 22.0 Å². The highest BCUT2D eigenvalue weighted by Gasteiger charge is 2.26. The number of para-hydroxylation sites is 1. The standard InChI is InChI=1S/C26H24ClN3O3/c27-21-9-7-19(8-10-21)17-30-18-20(22-4-1-2-5-23(22)30)16-25(31)28-11-13-29(14-12-28)26(32)24-6-3-15-33-24/h1-10,15,18H,11-14,16-17H2. The average Bonchev–Trinajstić information content (AvgIpc) is 3.50. The summed E-state index contributed by atoms with van der Waals surface area (Å²) in [5.74, 6) is 0.287. The molecule has 1 fully saturated rings. The molecule has 5 rings (SSSR count). The van der Waals surface area contributed by atoms with Gasteiger partial charge in [-0.3, -0.25) is 9.59 Å². The fraction of sp³-hybridized carbons (Fsp3) is 0.231. The zero-order chi connectivity index (χ0) is 22.8. The number of hydrogen-bond donors (Lipinski definition) is 0. The Morgan fingerprint density at radius 1 is 0.879 bits per heavy atom. The van der Waals surface area contributed by atoms with Gasteiger partial charge in [0, 0.05) is 54.8 Å². The van der Waals surface area contributed by atoms with Gasteiger partial charge in [0.15, 0.2) is 5.76 Å². The van der Waals surface area contributed by atoms with Crippen molar-refractivity contribution in [3.63, 3.8) is 0 Å². The lowest BCUT2D eigenvalue weighted by Crippen LogP contribution is -2.50. The predicted octanol–water partition coefficient (Wildman–Crippen LogP) is 4.46. The molecule has 0 atom stereocenters. The lowest BCUT2D eigenvalue weighted by Gasteiger charge is -2.34. The molecule has 0 unspecified atom stereocenters. The zero-order valence-corrected chi connectivity index (χ0v) is 18.9. The van der Waals surface area contributed by atoms with Crippen LogP contribution in [-0.2, 0) is 17.8 Å². The number of benzene rings is 2. The molecule has 7 heteroatoms. The third kappa shape index (κ3) is 4.52. The zero-order valence-electron chi connectivity index (χ0n) is 18.1. The molecular weight excluding hydrogens is 438 g/mol. The number of carbonyl (C=O) groups excluding carboxylic acids is 2. The maximum absolute atomic E-state index is 13.1. The Labute approximate surface area is 197 Å². The normalized spacial score (nSPS) is 14.1. The lowest BCUT2D eigenvalue weighted by atomic mass is 10.1. The molecule has 1 aliphatic rings. The second-order valence-corrected chi connectivity index (χ2v) is 8.69. The van der Waals surface area contributed by atoms with Crippen LogP contribution in [-0.4, -0.2) is 52.4 Å². The Hall–Kier alpha value is -3.51. The van der Waals surface area contributed by atoms with Gasteiger partial charge in [0.05, 0.1) is 12.7 Å². The Kier molecular flexibility index (Phi) is 5.92. The minimum atomic E-state index is -0.127. The van der Waals surface area contributed by atoms with E-state index in [-0.39, 0.29) is 11.8 Å². The molecular formula is C26H24ClN3O3. The van der Waals surface area contributed by atoms with Crippen molar-refractivity contribution in [2.75, 3.05) is 26.2 Å². The van der Waals surface area contributed by atoms with Gasteiger partial charge in [-0.05, 0) is 41.5 Å². The van der Waals surface area contributed by atoms with Gasteiger partial charge >= 0.3 is 0 Å². The van der Waals surface area contributed by atoms with Crippen LogP contribution < -0.4 is 0 Å². The SMILES string of the molecule is O=C(Cc1cn(Cc2ccc(Cl)cc2)c2ccccc12)N1CCN(C(=O)c2ccco2)CC1. The molecule has 0 saturated carbocycles. The third-order valence-electron chi connectivity index (χ3n) is 6.13. The van der Waals surface area contributed by atoms with Crippen LogP contribution >= 0.6 is 11.6 Å². The van der Waals surface area contributed by atoms with E-state index in [4.69, 9.17) is 16.0 Å². The number of nitrogens with zero attached hydrogens (tertiary/aromatic N) is 3. The van der Waals surface area contributed by atoms with Gasteiger partial charge in [-0.2, -0.15) is 0 Å². The number of fused-ring (bicyclic) bond motifs is 1. The van der Waals surface area contributed by atoms with Crippen LogP contribution in [0.3, 0.4) is 0 Å². The molecule has 2 aromatic carbocycles. The molecule has 6 nitrogen and oxygen atoms in total. The lowest BCUT2D eigenvalue weighted by molar-refractivity contribution is -0.131. The Morgan fingerprint density at radius 3 is 2.33 bits per heavy atom. The van der Waals surface area contributed by atoms with Crippen molar-refractivity contribution < 1.29 is 14.0 Å². The van der Waals surface area contributed by atoms with Gasteiger partial charge in [0.1, 0.15) is 0 Å². The monoisotopic (exact) mass is 461 g/mol. The van der Waals surface area contributed by atoms with Crippen LogP contribution in [0.4, 0.5) is 0 Å². The summed E-state index contributed by atoms with van der Waals surface area (Å²) in [4.78, 5) is 29.1. The average molecular weight is 462 g/mol. The molecule has 33 heavy (non-hydrogen) atoms. The fourth-order valence-corrected chi connectivity index (χ4v) is 4.50. The smallest absolute Gasteiger partial charge is 0.289 e. The summed E-state index contributed by atoms with van der Waals surface area (Å²) in [5, 5.41) is 1.81. The van der Waals surface area contributed by atoms with Crippen molar-refractivity contribution in [2.24, 2.45) is 0 Å². The molecule has 1 aliphatic heterocycles. The van der Waals surface area contributed by atoms with Gasteiger partial charge < -0.3 is 18.8 Å². The van der Waals surface area contributed by atoms with Gasteiger partial charge in [-0.25, -0.2) is 0 Å². The van der Waals surface area contributed by atoms with Crippen molar-refractivity contribution >= 4 is 34.3 Å². The highest BCUT2D eigenvalue weighted by atomic mass is 35.5.